The second-order valence-corrected chi connectivity index (χ2v) is 17.0. The molecule has 0 aliphatic carbocycles. The van der Waals surface area contributed by atoms with Gasteiger partial charge in [0.25, 0.3) is 0 Å². The molecule has 1 fully saturated rings. The van der Waals surface area contributed by atoms with Gasteiger partial charge in [-0.3, -0.25) is 14.7 Å². The summed E-state index contributed by atoms with van der Waals surface area (Å²) in [5.41, 5.74) is -2.98. The highest BCUT2D eigenvalue weighted by molar-refractivity contribution is 5.93. The van der Waals surface area contributed by atoms with Crippen LogP contribution in [-0.2, 0) is 24.6 Å². The fourth-order valence-corrected chi connectivity index (χ4v) is 8.57. The van der Waals surface area contributed by atoms with Gasteiger partial charge in [-0.2, -0.15) is 0 Å². The van der Waals surface area contributed by atoms with Crippen LogP contribution in [0.25, 0.3) is 11.2 Å². The van der Waals surface area contributed by atoms with Crippen molar-refractivity contribution >= 4 is 29.0 Å². The quantitative estimate of drug-likeness (QED) is 0.0387. The lowest BCUT2D eigenvalue weighted by Gasteiger charge is -2.40. The van der Waals surface area contributed by atoms with Crippen molar-refractivity contribution in [1.29, 1.82) is 0 Å². The number of amides is 1. The van der Waals surface area contributed by atoms with Gasteiger partial charge in [0, 0.05) is 0 Å². The van der Waals surface area contributed by atoms with Gasteiger partial charge in [0.05, 0.1) is 25.3 Å². The van der Waals surface area contributed by atoms with Crippen molar-refractivity contribution in [2.45, 2.75) is 114 Å². The van der Waals surface area contributed by atoms with Crippen LogP contribution >= 0.6 is 0 Å². The summed E-state index contributed by atoms with van der Waals surface area (Å²) in [6, 6.07) is 25.7. The molecule has 0 spiro atoms. The number of unbranched alkanes of at least 4 members (excludes halogenated alkanes) is 7. The van der Waals surface area contributed by atoms with Gasteiger partial charge < -0.3 is 29.2 Å². The fourth-order valence-electron chi connectivity index (χ4n) is 8.57. The number of methoxy groups -OCH3 is 1. The number of aliphatic hydroxyl groups is 1. The summed E-state index contributed by atoms with van der Waals surface area (Å²) in [4.78, 5) is 39.2. The number of anilines is 1. The number of carboxylic acid groups (broad SMARTS) is 1. The summed E-state index contributed by atoms with van der Waals surface area (Å²) >= 11 is 0. The summed E-state index contributed by atoms with van der Waals surface area (Å²) in [6.07, 6.45) is 13.5. The maximum absolute atomic E-state index is 18.8. The molecule has 1 amide bonds. The number of ether oxygens (including phenoxy) is 4. The Hall–Kier alpha value is -5.88. The molecule has 5 aromatic rings. The second-order valence-electron chi connectivity index (χ2n) is 17.0. The van der Waals surface area contributed by atoms with Crippen LogP contribution in [0, 0.1) is 24.2 Å². The number of carbonyl (C=O) groups excluding carboxylic acids is 1. The third-order valence-corrected chi connectivity index (χ3v) is 11.5. The molecule has 3 aromatic carbocycles. The van der Waals surface area contributed by atoms with E-state index in [-0.39, 0.29) is 23.4 Å². The molecule has 0 saturated carbocycles. The summed E-state index contributed by atoms with van der Waals surface area (Å²) in [5.74, 6) is -4.87. The number of aromatic nitrogens is 4. The van der Waals surface area contributed by atoms with E-state index in [1.807, 2.05) is 72.8 Å². The predicted octanol–water partition coefficient (Wildman–Crippen LogP) is 9.60. The number of halogens is 1. The molecule has 6 rings (SSSR count). The molecule has 0 radical (unpaired) electrons. The molecule has 63 heavy (non-hydrogen) atoms. The summed E-state index contributed by atoms with van der Waals surface area (Å²) < 4.78 is 44.3. The second kappa shape index (κ2) is 20.1. The van der Waals surface area contributed by atoms with Crippen LogP contribution in [0.5, 0.6) is 5.75 Å². The number of aliphatic carboxylic acids is 1. The Bertz CT molecular complexity index is 2290. The number of carbonyl (C=O) groups is 2. The Kier molecular flexibility index (Phi) is 14.9. The first-order valence-electron chi connectivity index (χ1n) is 21.6. The molecule has 3 heterocycles. The van der Waals surface area contributed by atoms with Crippen molar-refractivity contribution in [3.63, 3.8) is 0 Å². The molecule has 1 unspecified atom stereocenters. The average Bonchev–Trinajstić information content (AvgIpc) is 3.80. The SMILES string of the molecule is C#C[C@]1(O)[C@H]([C@H](CCCCCCCCCC)C(=O)O)C(F)(COC(c2ccccc2)(c2ccccc2)c2ccc(OC)cc2)O[C@H]1n1cnc2c(NC(=O)OC(C)(C)C)ncnc21. The molecule has 5 atom stereocenters. The number of benzene rings is 3. The largest absolute Gasteiger partial charge is 0.497 e. The van der Waals surface area contributed by atoms with Crippen LogP contribution in [0.15, 0.2) is 97.6 Å². The maximum atomic E-state index is 18.8. The van der Waals surface area contributed by atoms with Crippen LogP contribution in [0.2, 0.25) is 0 Å². The highest BCUT2D eigenvalue weighted by atomic mass is 19.2. The standard InChI is InChI=1S/C49H58FN5O8/c1-7-9-10-11-12-13-14-21-26-38(43(56)57)40-47(59,8-2)44(55-33-53-39-41(51-32-52-42(39)55)54-45(58)63-46(3,4)5)62-48(40,50)31-61-49(34-22-17-15-18-23-34,35-24-19-16-20-25-35)36-27-29-37(60-6)30-28-36/h2,15-20,22-25,27-30,32-33,38,40,44,59H,7,9-14,21,26,31H2,1,3-6H3,(H,56,57)(H,51,52,54,58)/t38-,40-,44+,47-,48?/m0/s1. The first kappa shape index (κ1) is 46.6. The summed E-state index contributed by atoms with van der Waals surface area (Å²) in [5, 5.41) is 26.3. The fraction of sp³-hybridized carbons (Fsp3) is 0.449. The highest BCUT2D eigenvalue weighted by Crippen LogP contribution is 2.55. The predicted molar refractivity (Wildman–Crippen MR) is 236 cm³/mol. The van der Waals surface area contributed by atoms with E-state index in [0.717, 1.165) is 44.9 Å². The lowest BCUT2D eigenvalue weighted by atomic mass is 9.73. The van der Waals surface area contributed by atoms with Crippen LogP contribution in [-0.4, -0.2) is 72.6 Å². The molecule has 1 saturated heterocycles. The zero-order valence-corrected chi connectivity index (χ0v) is 36.6. The smallest absolute Gasteiger partial charge is 0.413 e. The van der Waals surface area contributed by atoms with Gasteiger partial charge in [0.15, 0.2) is 28.8 Å². The van der Waals surface area contributed by atoms with Gasteiger partial charge in [-0.25, -0.2) is 24.1 Å². The Morgan fingerprint density at radius 1 is 0.905 bits per heavy atom. The van der Waals surface area contributed by atoms with E-state index in [4.69, 9.17) is 25.4 Å². The molecule has 2 aromatic heterocycles. The lowest BCUT2D eigenvalue weighted by Crippen LogP contribution is -2.52. The molecular weight excluding hydrogens is 806 g/mol. The Morgan fingerprint density at radius 2 is 1.49 bits per heavy atom. The average molecular weight is 864 g/mol. The minimum Gasteiger partial charge on any atom is -0.497 e. The minimum absolute atomic E-state index is 0.00149. The zero-order valence-electron chi connectivity index (χ0n) is 36.6. The van der Waals surface area contributed by atoms with Crippen LogP contribution in [0.3, 0.4) is 0 Å². The first-order chi connectivity index (χ1) is 30.2. The van der Waals surface area contributed by atoms with Gasteiger partial charge in [-0.05, 0) is 56.0 Å². The summed E-state index contributed by atoms with van der Waals surface area (Å²) in [6.45, 7) is 6.39. The van der Waals surface area contributed by atoms with Crippen LogP contribution < -0.4 is 10.1 Å². The molecule has 334 valence electrons. The highest BCUT2D eigenvalue weighted by Gasteiger charge is 2.69. The zero-order chi connectivity index (χ0) is 45.3. The van der Waals surface area contributed by atoms with Crippen LogP contribution in [0.4, 0.5) is 15.0 Å². The van der Waals surface area contributed by atoms with E-state index in [0.29, 0.717) is 35.3 Å². The Balaban J connectivity index is 1.45. The van der Waals surface area contributed by atoms with E-state index in [9.17, 15) is 19.8 Å². The van der Waals surface area contributed by atoms with Crippen molar-refractivity contribution in [2.24, 2.45) is 11.8 Å². The van der Waals surface area contributed by atoms with Crippen molar-refractivity contribution in [3.05, 3.63) is 114 Å². The number of nitrogens with zero attached hydrogens (tertiary/aromatic N) is 4. The number of alkyl halides is 1. The van der Waals surface area contributed by atoms with Crippen molar-refractivity contribution in [1.82, 2.24) is 19.5 Å². The third-order valence-electron chi connectivity index (χ3n) is 11.5. The van der Waals surface area contributed by atoms with Gasteiger partial charge in [0.2, 0.25) is 5.85 Å². The van der Waals surface area contributed by atoms with Crippen LogP contribution in [0.1, 0.15) is 108 Å². The lowest BCUT2D eigenvalue weighted by molar-refractivity contribution is -0.224. The normalized spacial score (nSPS) is 20.5. The number of nitrogens with one attached hydrogen (secondary N) is 1. The number of carboxylic acids is 1. The Labute approximate surface area is 368 Å². The number of hydrogen-bond acceptors (Lipinski definition) is 10. The molecule has 1 aliphatic rings. The number of fused-ring (bicyclic) bond motifs is 1. The maximum Gasteiger partial charge on any atom is 0.413 e. The van der Waals surface area contributed by atoms with E-state index < -0.39 is 59.4 Å². The minimum atomic E-state index is -3.04. The monoisotopic (exact) mass is 863 g/mol. The summed E-state index contributed by atoms with van der Waals surface area (Å²) in [7, 11) is 1.56. The van der Waals surface area contributed by atoms with Gasteiger partial charge in [0.1, 0.15) is 29.9 Å². The Morgan fingerprint density at radius 3 is 2.05 bits per heavy atom. The van der Waals surface area contributed by atoms with E-state index >= 15 is 4.39 Å². The number of hydrogen-bond donors (Lipinski definition) is 3. The topological polar surface area (TPSA) is 167 Å². The van der Waals surface area contributed by atoms with Gasteiger partial charge in [-0.1, -0.05) is 137 Å². The van der Waals surface area contributed by atoms with Gasteiger partial charge in [-0.15, -0.1) is 6.42 Å². The molecule has 0 bridgehead atoms. The molecule has 13 nitrogen and oxygen atoms in total. The van der Waals surface area contributed by atoms with Crippen molar-refractivity contribution < 1.29 is 43.1 Å². The molecule has 14 heteroatoms. The number of terminal acetylenes is 1. The van der Waals surface area contributed by atoms with E-state index in [1.165, 1.54) is 10.9 Å². The van der Waals surface area contributed by atoms with Gasteiger partial charge >= 0.3 is 12.1 Å². The molecular formula is C49H58FN5O8. The van der Waals surface area contributed by atoms with Crippen molar-refractivity contribution in [3.8, 4) is 18.1 Å². The number of imidazole rings is 1. The van der Waals surface area contributed by atoms with E-state index in [1.54, 1.807) is 40.0 Å². The van der Waals surface area contributed by atoms with Crippen molar-refractivity contribution in [2.75, 3.05) is 19.0 Å². The molecule has 1 aliphatic heterocycles. The van der Waals surface area contributed by atoms with E-state index in [2.05, 4.69) is 33.1 Å². The first-order valence-corrected chi connectivity index (χ1v) is 21.6. The third kappa shape index (κ3) is 10.2. The number of rotatable bonds is 20. The molecule has 3 N–H and O–H groups in total.